The number of carbonyl (C=O) groups excluding carboxylic acids is 2. The van der Waals surface area contributed by atoms with Crippen molar-refractivity contribution in [2.45, 2.75) is 70.7 Å². The molecular formula is C23H35N3O4. The normalized spacial score (nSPS) is 23.9. The number of carbonyl (C=O) groups is 2. The molecule has 2 aliphatic rings. The molecule has 7 nitrogen and oxygen atoms in total. The number of piperidine rings is 1. The maximum Gasteiger partial charge on any atom is 0.410 e. The van der Waals surface area contributed by atoms with E-state index in [4.69, 9.17) is 15.2 Å². The molecule has 0 bridgehead atoms. The summed E-state index contributed by atoms with van der Waals surface area (Å²) in [6.07, 6.45) is 1.71. The van der Waals surface area contributed by atoms with Gasteiger partial charge in [0.1, 0.15) is 11.7 Å². The van der Waals surface area contributed by atoms with Gasteiger partial charge in [0.25, 0.3) is 0 Å². The van der Waals surface area contributed by atoms with E-state index in [0.29, 0.717) is 26.2 Å². The number of nitrogens with zero attached hydrogens (tertiary/aromatic N) is 2. The van der Waals surface area contributed by atoms with Crippen LogP contribution in [0.3, 0.4) is 0 Å². The number of morpholine rings is 1. The Bertz CT molecular complexity index is 736. The second-order valence-corrected chi connectivity index (χ2v) is 9.46. The fraction of sp³-hybridized carbons (Fsp3) is 0.652. The molecule has 0 saturated carbocycles. The smallest absolute Gasteiger partial charge is 0.410 e. The molecule has 1 aromatic rings. The Kier molecular flexibility index (Phi) is 7.03. The molecule has 0 spiro atoms. The van der Waals surface area contributed by atoms with E-state index in [1.54, 1.807) is 4.90 Å². The van der Waals surface area contributed by atoms with Gasteiger partial charge in [0.15, 0.2) is 0 Å². The summed E-state index contributed by atoms with van der Waals surface area (Å²) in [5.74, 6) is -0.417. The van der Waals surface area contributed by atoms with Crippen molar-refractivity contribution in [1.82, 2.24) is 9.80 Å². The van der Waals surface area contributed by atoms with Crippen LogP contribution in [0.15, 0.2) is 24.3 Å². The third-order valence-electron chi connectivity index (χ3n) is 5.83. The Labute approximate surface area is 179 Å². The number of hydrogen-bond acceptors (Lipinski definition) is 5. The number of nitrogens with two attached hydrogens (primary N) is 1. The van der Waals surface area contributed by atoms with Gasteiger partial charge in [0, 0.05) is 31.7 Å². The van der Waals surface area contributed by atoms with Crippen LogP contribution in [0.1, 0.15) is 44.7 Å². The number of amides is 2. The lowest BCUT2D eigenvalue weighted by atomic mass is 9.96. The van der Waals surface area contributed by atoms with E-state index in [0.717, 1.165) is 19.3 Å². The average Bonchev–Trinajstić information content (AvgIpc) is 2.68. The standard InChI is InChI=1S/C23H35N3O4/c1-16-5-7-17(8-6-16)13-19-15-29-20(21(24)27)14-26(19)18-9-11-25(12-10-18)22(28)30-23(2,3)4/h5-8,18-20H,9-15H2,1-4H3,(H2,24,27). The molecule has 166 valence electrons. The number of primary amides is 1. The van der Waals surface area contributed by atoms with Crippen LogP contribution in [0, 0.1) is 6.92 Å². The fourth-order valence-electron chi connectivity index (χ4n) is 4.21. The van der Waals surface area contributed by atoms with E-state index in [1.807, 2.05) is 20.8 Å². The van der Waals surface area contributed by atoms with Gasteiger partial charge >= 0.3 is 6.09 Å². The molecule has 2 amide bonds. The first-order valence-electron chi connectivity index (χ1n) is 10.8. The third kappa shape index (κ3) is 5.95. The SMILES string of the molecule is Cc1ccc(CC2COC(C(N)=O)CN2C2CCN(C(=O)OC(C)(C)C)CC2)cc1. The van der Waals surface area contributed by atoms with Crippen molar-refractivity contribution in [3.05, 3.63) is 35.4 Å². The van der Waals surface area contributed by atoms with Crippen molar-refractivity contribution in [3.8, 4) is 0 Å². The summed E-state index contributed by atoms with van der Waals surface area (Å²) >= 11 is 0. The second kappa shape index (κ2) is 9.35. The number of aryl methyl sites for hydroxylation is 1. The van der Waals surface area contributed by atoms with Crippen LogP contribution in [0.4, 0.5) is 4.79 Å². The summed E-state index contributed by atoms with van der Waals surface area (Å²) in [7, 11) is 0. The van der Waals surface area contributed by atoms with E-state index in [2.05, 4.69) is 36.1 Å². The number of rotatable bonds is 4. The minimum absolute atomic E-state index is 0.182. The van der Waals surface area contributed by atoms with Crippen LogP contribution in [0.2, 0.25) is 0 Å². The monoisotopic (exact) mass is 417 g/mol. The van der Waals surface area contributed by atoms with E-state index >= 15 is 0 Å². The molecule has 0 aromatic heterocycles. The van der Waals surface area contributed by atoms with Gasteiger partial charge in [0.05, 0.1) is 6.61 Å². The van der Waals surface area contributed by atoms with Crippen LogP contribution < -0.4 is 5.73 Å². The van der Waals surface area contributed by atoms with Gasteiger partial charge in [-0.25, -0.2) is 4.79 Å². The molecule has 2 heterocycles. The Hall–Kier alpha value is -2.12. The number of hydrogen-bond donors (Lipinski definition) is 1. The molecule has 2 atom stereocenters. The Morgan fingerprint density at radius 2 is 1.80 bits per heavy atom. The van der Waals surface area contributed by atoms with E-state index in [1.165, 1.54) is 11.1 Å². The highest BCUT2D eigenvalue weighted by Gasteiger charge is 2.38. The molecule has 2 fully saturated rings. The summed E-state index contributed by atoms with van der Waals surface area (Å²) in [6, 6.07) is 9.01. The summed E-state index contributed by atoms with van der Waals surface area (Å²) in [6.45, 7) is 10.00. The highest BCUT2D eigenvalue weighted by atomic mass is 16.6. The van der Waals surface area contributed by atoms with Crippen molar-refractivity contribution in [3.63, 3.8) is 0 Å². The Balaban J connectivity index is 1.65. The van der Waals surface area contributed by atoms with E-state index < -0.39 is 17.6 Å². The highest BCUT2D eigenvalue weighted by molar-refractivity contribution is 5.79. The lowest BCUT2D eigenvalue weighted by Crippen LogP contribution is -2.59. The van der Waals surface area contributed by atoms with E-state index in [9.17, 15) is 9.59 Å². The zero-order chi connectivity index (χ0) is 21.9. The lowest BCUT2D eigenvalue weighted by molar-refractivity contribution is -0.142. The first-order valence-corrected chi connectivity index (χ1v) is 10.8. The van der Waals surface area contributed by atoms with Gasteiger partial charge in [-0.2, -0.15) is 0 Å². The summed E-state index contributed by atoms with van der Waals surface area (Å²) in [5, 5.41) is 0. The number of ether oxygens (including phenoxy) is 2. The molecule has 0 radical (unpaired) electrons. The molecule has 3 rings (SSSR count). The minimum atomic E-state index is -0.580. The van der Waals surface area contributed by atoms with Gasteiger partial charge < -0.3 is 20.1 Å². The van der Waals surface area contributed by atoms with Gasteiger partial charge in [-0.15, -0.1) is 0 Å². The highest BCUT2D eigenvalue weighted by Crippen LogP contribution is 2.26. The van der Waals surface area contributed by atoms with Gasteiger partial charge in [-0.05, 0) is 52.5 Å². The summed E-state index contributed by atoms with van der Waals surface area (Å²) in [5.41, 5.74) is 7.53. The van der Waals surface area contributed by atoms with Crippen molar-refractivity contribution in [1.29, 1.82) is 0 Å². The number of benzene rings is 1. The van der Waals surface area contributed by atoms with Crippen LogP contribution in [-0.2, 0) is 20.7 Å². The van der Waals surface area contributed by atoms with Crippen LogP contribution in [0.5, 0.6) is 0 Å². The molecule has 1 aromatic carbocycles. The number of likely N-dealkylation sites (tertiary alicyclic amines) is 1. The van der Waals surface area contributed by atoms with Crippen LogP contribution >= 0.6 is 0 Å². The van der Waals surface area contributed by atoms with Gasteiger partial charge in [0.2, 0.25) is 5.91 Å². The molecule has 7 heteroatoms. The van der Waals surface area contributed by atoms with Crippen molar-refractivity contribution in [2.75, 3.05) is 26.2 Å². The molecule has 2 N–H and O–H groups in total. The van der Waals surface area contributed by atoms with Gasteiger partial charge in [-0.1, -0.05) is 29.8 Å². The van der Waals surface area contributed by atoms with Crippen molar-refractivity contribution >= 4 is 12.0 Å². The average molecular weight is 418 g/mol. The predicted octanol–water partition coefficient (Wildman–Crippen LogP) is 2.49. The third-order valence-corrected chi connectivity index (χ3v) is 5.83. The zero-order valence-corrected chi connectivity index (χ0v) is 18.6. The Morgan fingerprint density at radius 3 is 2.37 bits per heavy atom. The summed E-state index contributed by atoms with van der Waals surface area (Å²) < 4.78 is 11.3. The van der Waals surface area contributed by atoms with Gasteiger partial charge in [-0.3, -0.25) is 9.69 Å². The maximum absolute atomic E-state index is 12.4. The van der Waals surface area contributed by atoms with Crippen LogP contribution in [-0.4, -0.2) is 71.8 Å². The first-order chi connectivity index (χ1) is 14.1. The van der Waals surface area contributed by atoms with E-state index in [-0.39, 0.29) is 18.2 Å². The predicted molar refractivity (Wildman–Crippen MR) is 115 cm³/mol. The molecule has 2 saturated heterocycles. The topological polar surface area (TPSA) is 85.1 Å². The molecular weight excluding hydrogens is 382 g/mol. The lowest BCUT2D eigenvalue weighted by Gasteiger charge is -2.46. The maximum atomic E-state index is 12.4. The van der Waals surface area contributed by atoms with Crippen molar-refractivity contribution in [2.24, 2.45) is 5.73 Å². The minimum Gasteiger partial charge on any atom is -0.444 e. The zero-order valence-electron chi connectivity index (χ0n) is 18.6. The quantitative estimate of drug-likeness (QED) is 0.814. The fourth-order valence-corrected chi connectivity index (χ4v) is 4.21. The largest absolute Gasteiger partial charge is 0.444 e. The van der Waals surface area contributed by atoms with Crippen LogP contribution in [0.25, 0.3) is 0 Å². The second-order valence-electron chi connectivity index (χ2n) is 9.46. The Morgan fingerprint density at radius 1 is 1.17 bits per heavy atom. The first kappa shape index (κ1) is 22.6. The molecule has 2 unspecified atom stereocenters. The molecule has 2 aliphatic heterocycles. The molecule has 0 aliphatic carbocycles. The summed E-state index contributed by atoms with van der Waals surface area (Å²) in [4.78, 5) is 28.3. The molecule has 30 heavy (non-hydrogen) atoms. The van der Waals surface area contributed by atoms with Crippen molar-refractivity contribution < 1.29 is 19.1 Å².